The van der Waals surface area contributed by atoms with E-state index in [1.54, 1.807) is 18.3 Å². The highest BCUT2D eigenvalue weighted by Crippen LogP contribution is 2.35. The molecular weight excluding hydrogens is 362 g/mol. The van der Waals surface area contributed by atoms with Gasteiger partial charge < -0.3 is 14.5 Å². The Morgan fingerprint density at radius 2 is 1.93 bits per heavy atom. The summed E-state index contributed by atoms with van der Waals surface area (Å²) in [6.07, 6.45) is 6.31. The number of hydrogen-bond acceptors (Lipinski definition) is 5. The van der Waals surface area contributed by atoms with E-state index in [1.807, 2.05) is 0 Å². The molecule has 2 aliphatic heterocycles. The molecule has 1 aromatic heterocycles. The number of nitrogens with zero attached hydrogens (tertiary/aromatic N) is 4. The third kappa shape index (κ3) is 4.02. The van der Waals surface area contributed by atoms with Crippen LogP contribution >= 0.6 is 0 Å². The molecule has 2 saturated heterocycles. The van der Waals surface area contributed by atoms with Crippen molar-refractivity contribution in [1.82, 2.24) is 9.88 Å². The van der Waals surface area contributed by atoms with E-state index in [0.717, 1.165) is 38.2 Å². The fraction of sp³-hybridized carbons (Fsp3) is 0.524. The topological polar surface area (TPSA) is 52.4 Å². The number of likely N-dealkylation sites (tertiary alicyclic amines) is 1. The minimum atomic E-state index is -2.88. The van der Waals surface area contributed by atoms with Crippen LogP contribution in [-0.4, -0.2) is 49.2 Å². The van der Waals surface area contributed by atoms with E-state index in [-0.39, 0.29) is 5.75 Å². The Bertz CT molecular complexity index is 869. The molecule has 5 nitrogen and oxygen atoms in total. The molecule has 0 aliphatic carbocycles. The maximum Gasteiger partial charge on any atom is 0.387 e. The van der Waals surface area contributed by atoms with Crippen molar-refractivity contribution >= 4 is 16.6 Å². The number of aromatic nitrogens is 1. The van der Waals surface area contributed by atoms with E-state index >= 15 is 0 Å². The van der Waals surface area contributed by atoms with Crippen molar-refractivity contribution in [3.63, 3.8) is 0 Å². The smallest absolute Gasteiger partial charge is 0.387 e. The van der Waals surface area contributed by atoms with E-state index in [0.29, 0.717) is 22.4 Å². The van der Waals surface area contributed by atoms with Crippen molar-refractivity contribution in [1.29, 1.82) is 5.26 Å². The van der Waals surface area contributed by atoms with Crippen LogP contribution in [0.15, 0.2) is 24.4 Å². The zero-order valence-electron chi connectivity index (χ0n) is 15.8. The zero-order valence-corrected chi connectivity index (χ0v) is 15.8. The summed E-state index contributed by atoms with van der Waals surface area (Å²) < 4.78 is 29.8. The normalized spacial score (nSPS) is 18.7. The summed E-state index contributed by atoms with van der Waals surface area (Å²) >= 11 is 0. The van der Waals surface area contributed by atoms with Crippen LogP contribution in [-0.2, 0) is 0 Å². The fourth-order valence-corrected chi connectivity index (χ4v) is 4.43. The number of hydrogen-bond donors (Lipinski definition) is 0. The van der Waals surface area contributed by atoms with Gasteiger partial charge in [0.05, 0.1) is 16.8 Å². The molecule has 0 atom stereocenters. The molecule has 0 spiro atoms. The molecule has 0 amide bonds. The second-order valence-electron chi connectivity index (χ2n) is 7.63. The number of piperidine rings is 1. The molecule has 2 fully saturated rings. The summed E-state index contributed by atoms with van der Waals surface area (Å²) in [6, 6.07) is 6.93. The van der Waals surface area contributed by atoms with Gasteiger partial charge in [0.25, 0.3) is 0 Å². The molecule has 2 aliphatic rings. The lowest BCUT2D eigenvalue weighted by Gasteiger charge is -2.36. The van der Waals surface area contributed by atoms with Gasteiger partial charge in [-0.1, -0.05) is 0 Å². The van der Waals surface area contributed by atoms with E-state index < -0.39 is 6.61 Å². The summed E-state index contributed by atoms with van der Waals surface area (Å²) in [6.45, 7) is 2.40. The highest BCUT2D eigenvalue weighted by Gasteiger charge is 2.25. The molecular formula is C21H24F2N4O. The van der Waals surface area contributed by atoms with Gasteiger partial charge in [0.1, 0.15) is 11.8 Å². The van der Waals surface area contributed by atoms with Gasteiger partial charge in [0.15, 0.2) is 0 Å². The molecule has 0 unspecified atom stereocenters. The summed E-state index contributed by atoms with van der Waals surface area (Å²) in [5.41, 5.74) is 1.93. The van der Waals surface area contributed by atoms with Gasteiger partial charge in [-0.2, -0.15) is 14.0 Å². The lowest BCUT2D eigenvalue weighted by molar-refractivity contribution is -0.0497. The van der Waals surface area contributed by atoms with E-state index in [4.69, 9.17) is 0 Å². The average Bonchev–Trinajstić information content (AvgIpc) is 3.20. The van der Waals surface area contributed by atoms with Gasteiger partial charge in [0, 0.05) is 31.2 Å². The molecule has 4 rings (SSSR count). The van der Waals surface area contributed by atoms with Crippen LogP contribution in [0.1, 0.15) is 31.2 Å². The third-order valence-corrected chi connectivity index (χ3v) is 5.80. The quantitative estimate of drug-likeness (QED) is 0.777. The average molecular weight is 386 g/mol. The molecule has 7 heteroatoms. The monoisotopic (exact) mass is 386 g/mol. The third-order valence-electron chi connectivity index (χ3n) is 5.80. The Labute approximate surface area is 163 Å². The number of benzene rings is 1. The predicted molar refractivity (Wildman–Crippen MR) is 104 cm³/mol. The predicted octanol–water partition coefficient (Wildman–Crippen LogP) is 4.02. The van der Waals surface area contributed by atoms with Crippen molar-refractivity contribution in [2.45, 2.75) is 32.3 Å². The molecule has 3 heterocycles. The largest absolute Gasteiger partial charge is 0.435 e. The molecule has 0 bridgehead atoms. The van der Waals surface area contributed by atoms with Gasteiger partial charge in [-0.05, 0) is 62.9 Å². The van der Waals surface area contributed by atoms with Gasteiger partial charge in [-0.3, -0.25) is 4.98 Å². The highest BCUT2D eigenvalue weighted by atomic mass is 19.3. The van der Waals surface area contributed by atoms with Gasteiger partial charge in [-0.15, -0.1) is 0 Å². The number of alkyl halides is 2. The van der Waals surface area contributed by atoms with Gasteiger partial charge in [0.2, 0.25) is 0 Å². The standard InChI is InChI=1S/C21H24F2N4O/c22-21(23)28-17-3-4-19-18(11-17)20(16(12-24)13-25-19)27-9-5-15(6-10-27)14-26-7-1-2-8-26/h3-4,11,13,15,21H,1-2,5-10,14H2. The van der Waals surface area contributed by atoms with Gasteiger partial charge >= 0.3 is 6.61 Å². The number of pyridine rings is 1. The van der Waals surface area contributed by atoms with Gasteiger partial charge in [-0.25, -0.2) is 0 Å². The Hall–Kier alpha value is -2.46. The first-order valence-corrected chi connectivity index (χ1v) is 9.89. The molecule has 2 aromatic rings. The maximum atomic E-state index is 12.6. The molecule has 0 saturated carbocycles. The zero-order chi connectivity index (χ0) is 19.5. The number of ether oxygens (including phenoxy) is 1. The number of halogens is 2. The summed E-state index contributed by atoms with van der Waals surface area (Å²) in [7, 11) is 0. The molecule has 28 heavy (non-hydrogen) atoms. The molecule has 1 aromatic carbocycles. The Kier molecular flexibility index (Phi) is 5.58. The van der Waals surface area contributed by atoms with E-state index in [1.165, 1.54) is 32.0 Å². The van der Waals surface area contributed by atoms with Crippen LogP contribution in [0.4, 0.5) is 14.5 Å². The minimum absolute atomic E-state index is 0.0876. The van der Waals surface area contributed by atoms with Crippen LogP contribution in [0.2, 0.25) is 0 Å². The fourth-order valence-electron chi connectivity index (χ4n) is 4.43. The van der Waals surface area contributed by atoms with Crippen LogP contribution in [0.25, 0.3) is 10.9 Å². The summed E-state index contributed by atoms with van der Waals surface area (Å²) in [5.74, 6) is 0.760. The van der Waals surface area contributed by atoms with Crippen molar-refractivity contribution in [2.24, 2.45) is 5.92 Å². The second kappa shape index (κ2) is 8.27. The number of anilines is 1. The first kappa shape index (κ1) is 18.9. The van der Waals surface area contributed by atoms with Crippen LogP contribution in [0.5, 0.6) is 5.75 Å². The number of nitriles is 1. The number of fused-ring (bicyclic) bond motifs is 1. The minimum Gasteiger partial charge on any atom is -0.435 e. The van der Waals surface area contributed by atoms with Crippen LogP contribution < -0.4 is 9.64 Å². The van der Waals surface area contributed by atoms with E-state index in [2.05, 4.69) is 25.6 Å². The van der Waals surface area contributed by atoms with Crippen molar-refractivity contribution in [2.75, 3.05) is 37.6 Å². The first-order valence-electron chi connectivity index (χ1n) is 9.89. The first-order chi connectivity index (χ1) is 13.6. The molecule has 148 valence electrons. The Morgan fingerprint density at radius 3 is 2.61 bits per heavy atom. The lowest BCUT2D eigenvalue weighted by Crippen LogP contribution is -2.38. The Balaban J connectivity index is 1.57. The van der Waals surface area contributed by atoms with Crippen LogP contribution in [0, 0.1) is 17.2 Å². The van der Waals surface area contributed by atoms with Crippen molar-refractivity contribution < 1.29 is 13.5 Å². The summed E-state index contributed by atoms with van der Waals surface area (Å²) in [4.78, 5) is 9.07. The van der Waals surface area contributed by atoms with Crippen LogP contribution in [0.3, 0.4) is 0 Å². The summed E-state index contributed by atoms with van der Waals surface area (Å²) in [5, 5.41) is 10.3. The number of rotatable bonds is 5. The Morgan fingerprint density at radius 1 is 1.18 bits per heavy atom. The molecule has 0 N–H and O–H groups in total. The SMILES string of the molecule is N#Cc1cnc2ccc(OC(F)F)cc2c1N1CCC(CN2CCCC2)CC1. The highest BCUT2D eigenvalue weighted by molar-refractivity contribution is 5.95. The second-order valence-corrected chi connectivity index (χ2v) is 7.63. The van der Waals surface area contributed by atoms with E-state index in [9.17, 15) is 14.0 Å². The maximum absolute atomic E-state index is 12.6. The van der Waals surface area contributed by atoms with Crippen molar-refractivity contribution in [3.05, 3.63) is 30.0 Å². The lowest BCUT2D eigenvalue weighted by atomic mass is 9.95. The molecule has 0 radical (unpaired) electrons. The van der Waals surface area contributed by atoms with Crippen molar-refractivity contribution in [3.8, 4) is 11.8 Å².